The van der Waals surface area contributed by atoms with Gasteiger partial charge in [0.15, 0.2) is 18.1 Å². The first kappa shape index (κ1) is 24.0. The molecule has 2 aromatic carbocycles. The fourth-order valence-corrected chi connectivity index (χ4v) is 4.06. The van der Waals surface area contributed by atoms with Crippen LogP contribution in [-0.4, -0.2) is 59.4 Å². The Hall–Kier alpha value is -4.73. The Labute approximate surface area is 212 Å². The smallest absolute Gasteiger partial charge is 0.258 e. The van der Waals surface area contributed by atoms with Gasteiger partial charge >= 0.3 is 0 Å². The number of nitrogens with zero attached hydrogens (tertiary/aromatic N) is 4. The molecule has 2 aliphatic rings. The maximum absolute atomic E-state index is 13.1. The zero-order chi connectivity index (χ0) is 25.8. The summed E-state index contributed by atoms with van der Waals surface area (Å²) in [5.74, 6) is 1.25. The standard InChI is InChI=1S/C27H24FN5O4/c1-36-26-22(37-16-24(35)31-14-17-4-6-19(28)7-5-17)9-8-20-25(26)32-23(33-12-11-30-27(20)33)13-21(34)18-3-2-10-29-15-18/h2-10,13,15,34H,11-12,14,16H2,1H3,(H,31,35)/b21-13-. The molecule has 0 fully saturated rings. The summed E-state index contributed by atoms with van der Waals surface area (Å²) in [6, 6.07) is 12.9. The van der Waals surface area contributed by atoms with Gasteiger partial charge in [0.1, 0.15) is 28.9 Å². The quantitative estimate of drug-likeness (QED) is 0.457. The van der Waals surface area contributed by atoms with Crippen molar-refractivity contribution >= 4 is 29.0 Å². The number of halogens is 1. The monoisotopic (exact) mass is 501 g/mol. The lowest BCUT2D eigenvalue weighted by Crippen LogP contribution is -2.36. The number of nitrogens with one attached hydrogen (secondary N) is 1. The van der Waals surface area contributed by atoms with E-state index < -0.39 is 0 Å². The van der Waals surface area contributed by atoms with Crippen molar-refractivity contribution in [1.29, 1.82) is 0 Å². The highest BCUT2D eigenvalue weighted by Gasteiger charge is 2.32. The van der Waals surface area contributed by atoms with Crippen LogP contribution in [0.5, 0.6) is 11.5 Å². The molecule has 3 aromatic rings. The van der Waals surface area contributed by atoms with E-state index in [-0.39, 0.29) is 30.6 Å². The van der Waals surface area contributed by atoms with Gasteiger partial charge in [-0.2, -0.15) is 0 Å². The SMILES string of the molecule is COc1c(OCC(=O)NCc2ccc(F)cc2)ccc2c1N=C(/C=C(\O)c1cccnc1)N1CCN=C21. The van der Waals surface area contributed by atoms with Crippen molar-refractivity contribution in [2.45, 2.75) is 6.54 Å². The Kier molecular flexibility index (Phi) is 6.80. The average molecular weight is 502 g/mol. The second-order valence-corrected chi connectivity index (χ2v) is 8.28. The van der Waals surface area contributed by atoms with E-state index in [1.165, 1.54) is 19.2 Å². The second kappa shape index (κ2) is 10.5. The molecular weight excluding hydrogens is 477 g/mol. The second-order valence-electron chi connectivity index (χ2n) is 8.28. The van der Waals surface area contributed by atoms with E-state index in [9.17, 15) is 14.3 Å². The van der Waals surface area contributed by atoms with Gasteiger partial charge in [0.05, 0.1) is 13.7 Å². The molecule has 9 nitrogen and oxygen atoms in total. The van der Waals surface area contributed by atoms with Crippen LogP contribution < -0.4 is 14.8 Å². The molecule has 1 aromatic heterocycles. The number of methoxy groups -OCH3 is 1. The van der Waals surface area contributed by atoms with Crippen molar-refractivity contribution in [3.8, 4) is 11.5 Å². The van der Waals surface area contributed by atoms with Crippen LogP contribution in [0.3, 0.4) is 0 Å². The molecule has 0 bridgehead atoms. The molecule has 2 aliphatic heterocycles. The molecule has 0 unspecified atom stereocenters. The molecule has 0 saturated carbocycles. The average Bonchev–Trinajstić information content (AvgIpc) is 3.42. The molecule has 2 N–H and O–H groups in total. The maximum atomic E-state index is 13.1. The van der Waals surface area contributed by atoms with Crippen molar-refractivity contribution in [1.82, 2.24) is 15.2 Å². The molecule has 5 rings (SSSR count). The lowest BCUT2D eigenvalue weighted by atomic mass is 10.1. The highest BCUT2D eigenvalue weighted by atomic mass is 19.1. The summed E-state index contributed by atoms with van der Waals surface area (Å²) in [7, 11) is 1.50. The number of ether oxygens (including phenoxy) is 2. The number of carbonyl (C=O) groups is 1. The summed E-state index contributed by atoms with van der Waals surface area (Å²) >= 11 is 0. The third kappa shape index (κ3) is 5.13. The molecule has 0 saturated heterocycles. The first-order valence-corrected chi connectivity index (χ1v) is 11.6. The normalized spacial score (nSPS) is 14.3. The number of hydrogen-bond donors (Lipinski definition) is 2. The Morgan fingerprint density at radius 1 is 1.22 bits per heavy atom. The minimum Gasteiger partial charge on any atom is -0.507 e. The van der Waals surface area contributed by atoms with E-state index in [0.717, 1.165) is 17.0 Å². The summed E-state index contributed by atoms with van der Waals surface area (Å²) in [5.41, 5.74) is 2.59. The Morgan fingerprint density at radius 3 is 2.81 bits per heavy atom. The molecule has 0 radical (unpaired) electrons. The molecular formula is C27H24FN5O4. The van der Waals surface area contributed by atoms with E-state index >= 15 is 0 Å². The minimum atomic E-state index is -0.344. The number of aliphatic hydroxyl groups is 1. The van der Waals surface area contributed by atoms with Gasteiger partial charge in [0.25, 0.3) is 5.91 Å². The molecule has 0 spiro atoms. The number of benzene rings is 2. The fraction of sp³-hybridized carbons (Fsp3) is 0.185. The van der Waals surface area contributed by atoms with Crippen LogP contribution in [0.1, 0.15) is 16.7 Å². The zero-order valence-corrected chi connectivity index (χ0v) is 20.0. The van der Waals surface area contributed by atoms with Crippen LogP contribution in [-0.2, 0) is 11.3 Å². The number of rotatable bonds is 8. The molecule has 37 heavy (non-hydrogen) atoms. The highest BCUT2D eigenvalue weighted by molar-refractivity contribution is 6.20. The van der Waals surface area contributed by atoms with E-state index in [0.29, 0.717) is 41.7 Å². The van der Waals surface area contributed by atoms with E-state index in [4.69, 9.17) is 14.5 Å². The number of carbonyl (C=O) groups excluding carboxylic acids is 1. The van der Waals surface area contributed by atoms with Crippen LogP contribution >= 0.6 is 0 Å². The van der Waals surface area contributed by atoms with Crippen molar-refractivity contribution in [2.75, 3.05) is 26.8 Å². The molecule has 10 heteroatoms. The van der Waals surface area contributed by atoms with Crippen molar-refractivity contribution < 1.29 is 23.8 Å². The third-order valence-corrected chi connectivity index (χ3v) is 5.87. The summed E-state index contributed by atoms with van der Waals surface area (Å²) in [4.78, 5) is 27.7. The lowest BCUT2D eigenvalue weighted by molar-refractivity contribution is -0.123. The first-order valence-electron chi connectivity index (χ1n) is 11.6. The van der Waals surface area contributed by atoms with Gasteiger partial charge in [-0.25, -0.2) is 9.38 Å². The number of aromatic nitrogens is 1. The molecule has 3 heterocycles. The molecule has 1 amide bonds. The molecule has 0 atom stereocenters. The van der Waals surface area contributed by atoms with Crippen molar-refractivity contribution in [2.24, 2.45) is 9.98 Å². The number of hydrogen-bond acceptors (Lipinski definition) is 8. The first-order chi connectivity index (χ1) is 18.0. The Bertz CT molecular complexity index is 1400. The third-order valence-electron chi connectivity index (χ3n) is 5.87. The minimum absolute atomic E-state index is 0.0192. The number of fused-ring (bicyclic) bond motifs is 3. The van der Waals surface area contributed by atoms with Gasteiger partial charge in [0, 0.05) is 42.7 Å². The summed E-state index contributed by atoms with van der Waals surface area (Å²) < 4.78 is 24.5. The van der Waals surface area contributed by atoms with E-state index in [2.05, 4.69) is 15.3 Å². The fourth-order valence-electron chi connectivity index (χ4n) is 4.06. The summed E-state index contributed by atoms with van der Waals surface area (Å²) in [6.07, 6.45) is 4.76. The van der Waals surface area contributed by atoms with Crippen molar-refractivity contribution in [3.63, 3.8) is 0 Å². The van der Waals surface area contributed by atoms with Gasteiger partial charge in [0.2, 0.25) is 0 Å². The van der Waals surface area contributed by atoms with Gasteiger partial charge < -0.3 is 24.8 Å². The maximum Gasteiger partial charge on any atom is 0.258 e. The van der Waals surface area contributed by atoms with Crippen LogP contribution in [0.25, 0.3) is 5.76 Å². The summed E-state index contributed by atoms with van der Waals surface area (Å²) in [6.45, 7) is 1.21. The lowest BCUT2D eigenvalue weighted by Gasteiger charge is -2.27. The zero-order valence-electron chi connectivity index (χ0n) is 20.0. The van der Waals surface area contributed by atoms with Gasteiger partial charge in [-0.3, -0.25) is 14.8 Å². The predicted octanol–water partition coefficient (Wildman–Crippen LogP) is 3.63. The number of amides is 1. The largest absolute Gasteiger partial charge is 0.507 e. The van der Waals surface area contributed by atoms with Crippen LogP contribution in [0, 0.1) is 5.82 Å². The summed E-state index contributed by atoms with van der Waals surface area (Å²) in [5, 5.41) is 13.4. The topological polar surface area (TPSA) is 109 Å². The number of aliphatic imine (C=N–C) groups is 2. The predicted molar refractivity (Wildman–Crippen MR) is 137 cm³/mol. The molecule has 0 aliphatic carbocycles. The van der Waals surface area contributed by atoms with Crippen LogP contribution in [0.4, 0.5) is 10.1 Å². The Balaban J connectivity index is 1.37. The molecule has 188 valence electrons. The van der Waals surface area contributed by atoms with Gasteiger partial charge in [-0.1, -0.05) is 12.1 Å². The number of pyridine rings is 1. The van der Waals surface area contributed by atoms with Gasteiger partial charge in [-0.15, -0.1) is 0 Å². The van der Waals surface area contributed by atoms with Crippen LogP contribution in [0.15, 0.2) is 77.0 Å². The highest BCUT2D eigenvalue weighted by Crippen LogP contribution is 2.43. The van der Waals surface area contributed by atoms with Crippen molar-refractivity contribution in [3.05, 3.63) is 89.5 Å². The Morgan fingerprint density at radius 2 is 2.05 bits per heavy atom. The number of amidine groups is 2. The van der Waals surface area contributed by atoms with Gasteiger partial charge in [-0.05, 0) is 42.0 Å². The van der Waals surface area contributed by atoms with E-state index in [1.54, 1.807) is 48.8 Å². The number of aliphatic hydroxyl groups excluding tert-OH is 1. The van der Waals surface area contributed by atoms with E-state index in [1.807, 2.05) is 11.0 Å². The van der Waals surface area contributed by atoms with Crippen LogP contribution in [0.2, 0.25) is 0 Å².